The molecule has 168 valence electrons. The molecule has 0 bridgehead atoms. The van der Waals surface area contributed by atoms with E-state index in [9.17, 15) is 18.0 Å². The highest BCUT2D eigenvalue weighted by molar-refractivity contribution is 7.89. The number of para-hydroxylation sites is 1. The van der Waals surface area contributed by atoms with Crippen molar-refractivity contribution in [2.24, 2.45) is 0 Å². The van der Waals surface area contributed by atoms with Crippen LogP contribution in [0.4, 0.5) is 11.4 Å². The van der Waals surface area contributed by atoms with E-state index in [4.69, 9.17) is 11.6 Å². The van der Waals surface area contributed by atoms with Crippen molar-refractivity contribution < 1.29 is 18.0 Å². The van der Waals surface area contributed by atoms with Gasteiger partial charge in [-0.3, -0.25) is 14.5 Å². The van der Waals surface area contributed by atoms with Crippen LogP contribution in [0.25, 0.3) is 0 Å². The quantitative estimate of drug-likeness (QED) is 0.603. The van der Waals surface area contributed by atoms with Crippen LogP contribution in [0, 0.1) is 0 Å². The molecule has 8 heteroatoms. The first-order valence-electron chi connectivity index (χ1n) is 10.4. The first-order chi connectivity index (χ1) is 15.6. The summed E-state index contributed by atoms with van der Waals surface area (Å²) in [6.07, 6.45) is 1.58. The SMILES string of the molecule is C[C@]1(c2ccc(Cl)cc2)C[C@]12C(=O)N(c1cccc(C(=O)NS(C)(=O)=O)c1)c1ccccc12. The van der Waals surface area contributed by atoms with Gasteiger partial charge in [0.05, 0.1) is 17.4 Å². The number of hydrogen-bond donors (Lipinski definition) is 1. The highest BCUT2D eigenvalue weighted by Gasteiger charge is 2.74. The molecule has 1 saturated carbocycles. The van der Waals surface area contributed by atoms with Crippen molar-refractivity contribution in [1.29, 1.82) is 0 Å². The number of fused-ring (bicyclic) bond motifs is 2. The lowest BCUT2D eigenvalue weighted by molar-refractivity contribution is -0.120. The van der Waals surface area contributed by atoms with E-state index in [1.165, 1.54) is 12.1 Å². The van der Waals surface area contributed by atoms with E-state index in [0.29, 0.717) is 17.1 Å². The van der Waals surface area contributed by atoms with Gasteiger partial charge in [0.2, 0.25) is 15.9 Å². The van der Waals surface area contributed by atoms with Crippen LogP contribution in [0.15, 0.2) is 72.8 Å². The van der Waals surface area contributed by atoms with Gasteiger partial charge in [-0.2, -0.15) is 0 Å². The molecule has 1 fully saturated rings. The Morgan fingerprint density at radius 1 is 1.03 bits per heavy atom. The van der Waals surface area contributed by atoms with Crippen molar-refractivity contribution in [2.45, 2.75) is 24.2 Å². The number of sulfonamides is 1. The van der Waals surface area contributed by atoms with E-state index in [-0.39, 0.29) is 11.5 Å². The highest BCUT2D eigenvalue weighted by Crippen LogP contribution is 2.70. The predicted molar refractivity (Wildman–Crippen MR) is 127 cm³/mol. The van der Waals surface area contributed by atoms with Gasteiger partial charge in [-0.05, 0) is 53.9 Å². The van der Waals surface area contributed by atoms with E-state index in [0.717, 1.165) is 23.1 Å². The lowest BCUT2D eigenvalue weighted by Gasteiger charge is -2.21. The third-order valence-corrected chi connectivity index (χ3v) is 7.54. The molecule has 6 nitrogen and oxygen atoms in total. The molecule has 1 aliphatic heterocycles. The van der Waals surface area contributed by atoms with Gasteiger partial charge in [0.1, 0.15) is 0 Å². The van der Waals surface area contributed by atoms with Gasteiger partial charge in [0.25, 0.3) is 5.91 Å². The molecule has 33 heavy (non-hydrogen) atoms. The number of carbonyl (C=O) groups is 2. The molecule has 3 aromatic carbocycles. The van der Waals surface area contributed by atoms with Crippen LogP contribution in [0.2, 0.25) is 5.02 Å². The minimum Gasteiger partial charge on any atom is -0.280 e. The van der Waals surface area contributed by atoms with Crippen LogP contribution in [0.3, 0.4) is 0 Å². The average Bonchev–Trinajstić information content (AvgIpc) is 3.33. The molecule has 2 atom stereocenters. The molecule has 0 aromatic heterocycles. The van der Waals surface area contributed by atoms with E-state index in [1.54, 1.807) is 17.0 Å². The number of nitrogens with one attached hydrogen (secondary N) is 1. The molecule has 5 rings (SSSR count). The summed E-state index contributed by atoms with van der Waals surface area (Å²) in [7, 11) is -3.71. The van der Waals surface area contributed by atoms with Crippen LogP contribution in [-0.4, -0.2) is 26.5 Å². The number of hydrogen-bond acceptors (Lipinski definition) is 4. The number of nitrogens with zero attached hydrogens (tertiary/aromatic N) is 1. The third kappa shape index (κ3) is 3.26. The van der Waals surface area contributed by atoms with Crippen LogP contribution in [0.1, 0.15) is 34.8 Å². The Morgan fingerprint density at radius 3 is 2.42 bits per heavy atom. The number of amides is 2. The number of benzene rings is 3. The molecule has 0 unspecified atom stereocenters. The summed E-state index contributed by atoms with van der Waals surface area (Å²) < 4.78 is 24.9. The Labute approximate surface area is 197 Å². The Balaban J connectivity index is 1.58. The number of anilines is 2. The number of carbonyl (C=O) groups excluding carboxylic acids is 2. The molecular formula is C25H21ClN2O4S. The summed E-state index contributed by atoms with van der Waals surface area (Å²) in [5.74, 6) is -0.812. The fraction of sp³-hybridized carbons (Fsp3) is 0.200. The lowest BCUT2D eigenvalue weighted by atomic mass is 9.83. The minimum atomic E-state index is -3.71. The minimum absolute atomic E-state index is 0.0678. The van der Waals surface area contributed by atoms with Gasteiger partial charge in [-0.1, -0.05) is 54.9 Å². The van der Waals surface area contributed by atoms with Gasteiger partial charge in [-0.25, -0.2) is 13.1 Å². The van der Waals surface area contributed by atoms with Gasteiger partial charge in [-0.15, -0.1) is 0 Å². The maximum absolute atomic E-state index is 14.0. The van der Waals surface area contributed by atoms with Crippen LogP contribution in [-0.2, 0) is 25.6 Å². The fourth-order valence-corrected chi connectivity index (χ4v) is 5.65. The zero-order valence-corrected chi connectivity index (χ0v) is 19.6. The summed E-state index contributed by atoms with van der Waals surface area (Å²) in [5, 5.41) is 0.640. The normalized spacial score (nSPS) is 23.5. The molecule has 1 N–H and O–H groups in total. The Kier molecular flexibility index (Phi) is 4.71. The largest absolute Gasteiger partial charge is 0.280 e. The first kappa shape index (κ1) is 21.7. The first-order valence-corrected chi connectivity index (χ1v) is 12.7. The van der Waals surface area contributed by atoms with Crippen LogP contribution >= 0.6 is 11.6 Å². The second-order valence-corrected chi connectivity index (χ2v) is 11.0. The van der Waals surface area contributed by atoms with Crippen molar-refractivity contribution in [1.82, 2.24) is 4.72 Å². The summed E-state index contributed by atoms with van der Waals surface area (Å²) in [6, 6.07) is 21.7. The van der Waals surface area contributed by atoms with Crippen molar-refractivity contribution in [3.8, 4) is 0 Å². The zero-order chi connectivity index (χ0) is 23.6. The topological polar surface area (TPSA) is 83.6 Å². The Hall–Kier alpha value is -3.16. The Morgan fingerprint density at radius 2 is 1.73 bits per heavy atom. The van der Waals surface area contributed by atoms with Gasteiger partial charge in [0.15, 0.2) is 0 Å². The molecular weight excluding hydrogens is 460 g/mol. The maximum atomic E-state index is 14.0. The number of rotatable bonds is 4. The summed E-state index contributed by atoms with van der Waals surface area (Å²) in [6.45, 7) is 2.09. The molecule has 1 aliphatic carbocycles. The monoisotopic (exact) mass is 480 g/mol. The second kappa shape index (κ2) is 7.17. The molecule has 0 saturated heterocycles. The molecule has 3 aromatic rings. The fourth-order valence-electron chi connectivity index (χ4n) is 5.07. The summed E-state index contributed by atoms with van der Waals surface area (Å²) in [5.41, 5.74) is 2.29. The molecule has 1 spiro atoms. The number of halogens is 1. The summed E-state index contributed by atoms with van der Waals surface area (Å²) in [4.78, 5) is 28.1. The van der Waals surface area contributed by atoms with E-state index < -0.39 is 26.8 Å². The molecule has 2 amide bonds. The highest BCUT2D eigenvalue weighted by atomic mass is 35.5. The van der Waals surface area contributed by atoms with E-state index in [2.05, 4.69) is 6.92 Å². The van der Waals surface area contributed by atoms with Crippen LogP contribution in [0.5, 0.6) is 0 Å². The van der Waals surface area contributed by atoms with Crippen molar-refractivity contribution in [3.05, 3.63) is 94.5 Å². The lowest BCUT2D eigenvalue weighted by Crippen LogP contribution is -2.33. The second-order valence-electron chi connectivity index (χ2n) is 8.83. The van der Waals surface area contributed by atoms with Gasteiger partial charge >= 0.3 is 0 Å². The zero-order valence-electron chi connectivity index (χ0n) is 18.0. The third-order valence-electron chi connectivity index (χ3n) is 6.73. The average molecular weight is 481 g/mol. The predicted octanol–water partition coefficient (Wildman–Crippen LogP) is 4.31. The molecule has 2 aliphatic rings. The summed E-state index contributed by atoms with van der Waals surface area (Å²) >= 11 is 6.08. The van der Waals surface area contributed by atoms with Crippen LogP contribution < -0.4 is 9.62 Å². The maximum Gasteiger partial charge on any atom is 0.264 e. The van der Waals surface area contributed by atoms with Crippen molar-refractivity contribution in [3.63, 3.8) is 0 Å². The van der Waals surface area contributed by atoms with E-state index in [1.807, 2.05) is 53.3 Å². The molecule has 1 heterocycles. The Bertz CT molecular complexity index is 1420. The van der Waals surface area contributed by atoms with Gasteiger partial charge < -0.3 is 0 Å². The molecule has 0 radical (unpaired) electrons. The van der Waals surface area contributed by atoms with Crippen molar-refractivity contribution in [2.75, 3.05) is 11.2 Å². The smallest absolute Gasteiger partial charge is 0.264 e. The van der Waals surface area contributed by atoms with Gasteiger partial charge in [0, 0.05) is 21.7 Å². The van der Waals surface area contributed by atoms with E-state index >= 15 is 0 Å². The van der Waals surface area contributed by atoms with Crippen molar-refractivity contribution >= 4 is 44.8 Å². The standard InChI is InChI=1S/C25H21ClN2O4S/c1-24(17-10-12-18(26)13-11-17)15-25(24)20-8-3-4-9-21(20)28(23(25)30)19-7-5-6-16(14-19)22(29)27-33(2,31)32/h3-14H,15H2,1-2H3,(H,27,29)/t24-,25+/m1/s1.